The molecule has 5 aromatic rings. The first kappa shape index (κ1) is 15.1. The maximum absolute atomic E-state index is 4.96. The molecular weight excluding hydrogens is 318 g/mol. The largest absolute Gasteiger partial charge is 0.319 e. The molecule has 0 spiro atoms. The van der Waals surface area contributed by atoms with E-state index >= 15 is 0 Å². The van der Waals surface area contributed by atoms with Crippen molar-refractivity contribution in [2.45, 2.75) is 20.4 Å². The van der Waals surface area contributed by atoms with Crippen LogP contribution in [0.5, 0.6) is 0 Å². The normalized spacial score (nSPS) is 11.6. The van der Waals surface area contributed by atoms with Crippen LogP contribution >= 0.6 is 0 Å². The van der Waals surface area contributed by atoms with E-state index in [1.165, 1.54) is 27.6 Å². The lowest BCUT2D eigenvalue weighted by Gasteiger charge is -2.08. The second-order valence-corrected chi connectivity index (χ2v) is 6.98. The zero-order chi connectivity index (χ0) is 17.7. The highest BCUT2D eigenvalue weighted by Crippen LogP contribution is 2.29. The Morgan fingerprint density at radius 1 is 0.769 bits per heavy atom. The Labute approximate surface area is 151 Å². The zero-order valence-electron chi connectivity index (χ0n) is 14.9. The van der Waals surface area contributed by atoms with Crippen molar-refractivity contribution in [1.82, 2.24) is 14.5 Å². The van der Waals surface area contributed by atoms with Gasteiger partial charge in [-0.3, -0.25) is 0 Å². The van der Waals surface area contributed by atoms with Crippen molar-refractivity contribution in [3.8, 4) is 0 Å². The van der Waals surface area contributed by atoms with Crippen molar-refractivity contribution >= 4 is 33.1 Å². The fraction of sp³-hybridized carbons (Fsp3) is 0.130. The summed E-state index contributed by atoms with van der Waals surface area (Å²) in [6.45, 7) is 5.03. The van der Waals surface area contributed by atoms with E-state index in [1.54, 1.807) is 0 Å². The van der Waals surface area contributed by atoms with Crippen LogP contribution in [0.4, 0.5) is 0 Å². The van der Waals surface area contributed by atoms with Gasteiger partial charge >= 0.3 is 0 Å². The molecule has 0 radical (unpaired) electrons. The second kappa shape index (κ2) is 5.67. The van der Waals surface area contributed by atoms with Crippen molar-refractivity contribution in [1.29, 1.82) is 0 Å². The van der Waals surface area contributed by atoms with Gasteiger partial charge in [0.1, 0.15) is 5.52 Å². The lowest BCUT2D eigenvalue weighted by Crippen LogP contribution is -2.01. The highest BCUT2D eigenvalue weighted by molar-refractivity contribution is 6.06. The molecule has 126 valence electrons. The average molecular weight is 337 g/mol. The van der Waals surface area contributed by atoms with E-state index in [2.05, 4.69) is 60.9 Å². The van der Waals surface area contributed by atoms with E-state index in [4.69, 9.17) is 9.97 Å². The topological polar surface area (TPSA) is 30.7 Å². The summed E-state index contributed by atoms with van der Waals surface area (Å²) in [7, 11) is 0. The summed E-state index contributed by atoms with van der Waals surface area (Å²) in [4.78, 5) is 9.90. The summed E-state index contributed by atoms with van der Waals surface area (Å²) in [5, 5.41) is 1.17. The first-order valence-corrected chi connectivity index (χ1v) is 8.90. The van der Waals surface area contributed by atoms with Crippen LogP contribution in [0.25, 0.3) is 33.1 Å². The van der Waals surface area contributed by atoms with Crippen molar-refractivity contribution in [2.75, 3.05) is 0 Å². The molecule has 0 N–H and O–H groups in total. The fourth-order valence-electron chi connectivity index (χ4n) is 3.58. The molecule has 5 rings (SSSR count). The molecule has 3 nitrogen and oxygen atoms in total. The van der Waals surface area contributed by atoms with Gasteiger partial charge in [-0.25, -0.2) is 9.97 Å². The van der Waals surface area contributed by atoms with Crippen LogP contribution in [0.15, 0.2) is 66.7 Å². The number of rotatable bonds is 2. The van der Waals surface area contributed by atoms with Crippen LogP contribution in [0.2, 0.25) is 0 Å². The van der Waals surface area contributed by atoms with E-state index in [9.17, 15) is 0 Å². The SMILES string of the molecule is Cc1ccc(Cn2c3ccc(C)cc3c3nc4ccccc4nc32)cc1. The summed E-state index contributed by atoms with van der Waals surface area (Å²) in [5.74, 6) is 0. The highest BCUT2D eigenvalue weighted by atomic mass is 15.1. The Hall–Kier alpha value is -3.20. The summed E-state index contributed by atoms with van der Waals surface area (Å²) in [6.07, 6.45) is 0. The maximum atomic E-state index is 4.96. The van der Waals surface area contributed by atoms with Gasteiger partial charge in [-0.1, -0.05) is 53.6 Å². The highest BCUT2D eigenvalue weighted by Gasteiger charge is 2.15. The predicted octanol–water partition coefficient (Wildman–Crippen LogP) is 5.40. The molecule has 26 heavy (non-hydrogen) atoms. The van der Waals surface area contributed by atoms with E-state index in [-0.39, 0.29) is 0 Å². The number of hydrogen-bond donors (Lipinski definition) is 0. The van der Waals surface area contributed by atoms with Crippen LogP contribution in [0.1, 0.15) is 16.7 Å². The molecule has 0 aliphatic carbocycles. The Morgan fingerprint density at radius 2 is 1.46 bits per heavy atom. The number of benzene rings is 3. The third kappa shape index (κ3) is 2.36. The Kier molecular flexibility index (Phi) is 3.29. The first-order chi connectivity index (χ1) is 12.7. The molecule has 0 atom stereocenters. The molecule has 3 heteroatoms. The molecule has 0 saturated heterocycles. The van der Waals surface area contributed by atoms with Gasteiger partial charge in [-0.15, -0.1) is 0 Å². The number of aromatic nitrogens is 3. The van der Waals surface area contributed by atoms with Crippen molar-refractivity contribution in [2.24, 2.45) is 0 Å². The summed E-state index contributed by atoms with van der Waals surface area (Å²) < 4.78 is 2.29. The number of fused-ring (bicyclic) bond motifs is 4. The Bertz CT molecular complexity index is 1260. The van der Waals surface area contributed by atoms with Gasteiger partial charge in [-0.2, -0.15) is 0 Å². The number of para-hydroxylation sites is 2. The Balaban J connectivity index is 1.83. The van der Waals surface area contributed by atoms with Gasteiger partial charge in [-0.05, 0) is 43.7 Å². The lowest BCUT2D eigenvalue weighted by molar-refractivity contribution is 0.857. The maximum Gasteiger partial charge on any atom is 0.160 e. The van der Waals surface area contributed by atoms with Gasteiger partial charge in [0.25, 0.3) is 0 Å². The predicted molar refractivity (Wildman–Crippen MR) is 108 cm³/mol. The monoisotopic (exact) mass is 337 g/mol. The van der Waals surface area contributed by atoms with Gasteiger partial charge < -0.3 is 4.57 Å². The zero-order valence-corrected chi connectivity index (χ0v) is 14.9. The molecule has 0 bridgehead atoms. The summed E-state index contributed by atoms with van der Waals surface area (Å²) in [6, 6.07) is 23.3. The molecule has 0 saturated carbocycles. The second-order valence-electron chi connectivity index (χ2n) is 6.98. The standard InChI is InChI=1S/C23H19N3/c1-15-7-10-17(11-8-15)14-26-21-12-9-16(2)13-18(21)22-23(26)25-20-6-4-3-5-19(20)24-22/h3-13H,14H2,1-2H3. The molecule has 2 aromatic heterocycles. The number of nitrogens with zero attached hydrogens (tertiary/aromatic N) is 3. The minimum Gasteiger partial charge on any atom is -0.319 e. The van der Waals surface area contributed by atoms with Crippen LogP contribution < -0.4 is 0 Å². The average Bonchev–Trinajstić information content (AvgIpc) is 2.94. The van der Waals surface area contributed by atoms with Crippen LogP contribution in [-0.4, -0.2) is 14.5 Å². The van der Waals surface area contributed by atoms with Crippen molar-refractivity contribution < 1.29 is 0 Å². The molecular formula is C23H19N3. The summed E-state index contributed by atoms with van der Waals surface area (Å²) >= 11 is 0. The van der Waals surface area contributed by atoms with E-state index < -0.39 is 0 Å². The minimum absolute atomic E-state index is 0.788. The molecule has 0 unspecified atom stereocenters. The number of hydrogen-bond acceptors (Lipinski definition) is 2. The summed E-state index contributed by atoms with van der Waals surface area (Å²) in [5.41, 5.74) is 8.77. The van der Waals surface area contributed by atoms with E-state index in [0.29, 0.717) is 0 Å². The Morgan fingerprint density at radius 3 is 2.23 bits per heavy atom. The van der Waals surface area contributed by atoms with Crippen LogP contribution in [0, 0.1) is 13.8 Å². The molecule has 2 heterocycles. The fourth-order valence-corrected chi connectivity index (χ4v) is 3.58. The number of aryl methyl sites for hydroxylation is 2. The molecule has 0 aliphatic rings. The lowest BCUT2D eigenvalue weighted by atomic mass is 10.1. The molecule has 0 amide bonds. The third-order valence-electron chi connectivity index (χ3n) is 4.97. The third-order valence-corrected chi connectivity index (χ3v) is 4.97. The van der Waals surface area contributed by atoms with Crippen molar-refractivity contribution in [3.63, 3.8) is 0 Å². The van der Waals surface area contributed by atoms with Crippen molar-refractivity contribution in [3.05, 3.63) is 83.4 Å². The van der Waals surface area contributed by atoms with Gasteiger partial charge in [0.15, 0.2) is 5.65 Å². The molecule has 0 fully saturated rings. The minimum atomic E-state index is 0.788. The van der Waals surface area contributed by atoms with Crippen LogP contribution in [0.3, 0.4) is 0 Å². The quantitative estimate of drug-likeness (QED) is 0.431. The smallest absolute Gasteiger partial charge is 0.160 e. The van der Waals surface area contributed by atoms with Gasteiger partial charge in [0.05, 0.1) is 16.6 Å². The van der Waals surface area contributed by atoms with E-state index in [1.807, 2.05) is 24.3 Å². The molecule has 3 aromatic carbocycles. The first-order valence-electron chi connectivity index (χ1n) is 8.90. The van der Waals surface area contributed by atoms with Crippen LogP contribution in [-0.2, 0) is 6.54 Å². The van der Waals surface area contributed by atoms with E-state index in [0.717, 1.165) is 28.7 Å². The van der Waals surface area contributed by atoms with Gasteiger partial charge in [0, 0.05) is 11.9 Å². The molecule has 0 aliphatic heterocycles. The van der Waals surface area contributed by atoms with Gasteiger partial charge in [0.2, 0.25) is 0 Å².